The van der Waals surface area contributed by atoms with Crippen molar-refractivity contribution in [3.63, 3.8) is 0 Å². The van der Waals surface area contributed by atoms with Gasteiger partial charge in [0.05, 0.1) is 0 Å². The number of benzene rings is 1. The SMILES string of the molecule is C.CC.CC.CCCCCC.CCc1ccc(C)cc1. The van der Waals surface area contributed by atoms with Gasteiger partial charge in [-0.05, 0) is 18.9 Å². The molecule has 0 saturated heterocycles. The summed E-state index contributed by atoms with van der Waals surface area (Å²) in [5, 5.41) is 0. The summed E-state index contributed by atoms with van der Waals surface area (Å²) in [6.45, 7) is 16.7. The van der Waals surface area contributed by atoms with Crippen molar-refractivity contribution in [1.29, 1.82) is 0 Å². The van der Waals surface area contributed by atoms with Crippen LogP contribution in [0.3, 0.4) is 0 Å². The molecule has 0 N–H and O–H groups in total. The second-order valence-corrected chi connectivity index (χ2v) is 4.05. The lowest BCUT2D eigenvalue weighted by atomic mass is 10.1. The summed E-state index contributed by atoms with van der Waals surface area (Å²) in [5.41, 5.74) is 2.76. The van der Waals surface area contributed by atoms with Gasteiger partial charge in [-0.15, -0.1) is 0 Å². The van der Waals surface area contributed by atoms with Crippen LogP contribution in [-0.2, 0) is 6.42 Å². The quantitative estimate of drug-likeness (QED) is 0.493. The zero-order valence-electron chi connectivity index (χ0n) is 14.8. The van der Waals surface area contributed by atoms with Crippen molar-refractivity contribution < 1.29 is 0 Å². The highest BCUT2D eigenvalue weighted by atomic mass is 13.9. The highest BCUT2D eigenvalue weighted by Gasteiger charge is 1.84. The molecule has 0 aliphatic rings. The molecule has 0 radical (unpaired) electrons. The number of hydrogen-bond donors (Lipinski definition) is 0. The summed E-state index contributed by atoms with van der Waals surface area (Å²) in [6, 6.07) is 8.66. The molecule has 0 atom stereocenters. The molecule has 0 heterocycles. The van der Waals surface area contributed by atoms with E-state index in [0.29, 0.717) is 0 Å². The minimum absolute atomic E-state index is 0. The van der Waals surface area contributed by atoms with Crippen molar-refractivity contribution in [2.45, 2.75) is 94.9 Å². The van der Waals surface area contributed by atoms with Gasteiger partial charge >= 0.3 is 0 Å². The molecular formula is C20H42. The Kier molecular flexibility index (Phi) is 36.8. The van der Waals surface area contributed by atoms with Crippen LogP contribution in [0.25, 0.3) is 0 Å². The lowest BCUT2D eigenvalue weighted by Crippen LogP contribution is -1.77. The molecule has 1 aromatic carbocycles. The molecule has 0 saturated carbocycles. The van der Waals surface area contributed by atoms with E-state index in [-0.39, 0.29) is 7.43 Å². The topological polar surface area (TPSA) is 0 Å². The molecule has 20 heavy (non-hydrogen) atoms. The van der Waals surface area contributed by atoms with Crippen molar-refractivity contribution >= 4 is 0 Å². The molecule has 122 valence electrons. The van der Waals surface area contributed by atoms with E-state index in [2.05, 4.69) is 52.0 Å². The minimum atomic E-state index is 0. The number of unbranched alkanes of at least 4 members (excludes halogenated alkanes) is 3. The van der Waals surface area contributed by atoms with Crippen molar-refractivity contribution in [3.05, 3.63) is 35.4 Å². The first kappa shape index (κ1) is 27.5. The molecule has 0 heteroatoms. The van der Waals surface area contributed by atoms with Gasteiger partial charge in [-0.1, -0.05) is 111 Å². The maximum absolute atomic E-state index is 2.23. The summed E-state index contributed by atoms with van der Waals surface area (Å²) >= 11 is 0. The lowest BCUT2D eigenvalue weighted by Gasteiger charge is -1.94. The van der Waals surface area contributed by atoms with Crippen LogP contribution in [0.2, 0.25) is 0 Å². The largest absolute Gasteiger partial charge is 0.0776 e. The molecule has 0 unspecified atom stereocenters. The summed E-state index contributed by atoms with van der Waals surface area (Å²) in [7, 11) is 0. The van der Waals surface area contributed by atoms with Crippen LogP contribution in [0.5, 0.6) is 0 Å². The Morgan fingerprint density at radius 3 is 1.30 bits per heavy atom. The van der Waals surface area contributed by atoms with Gasteiger partial charge in [0.25, 0.3) is 0 Å². The van der Waals surface area contributed by atoms with Gasteiger partial charge in [-0.25, -0.2) is 0 Å². The van der Waals surface area contributed by atoms with E-state index in [4.69, 9.17) is 0 Å². The number of hydrogen-bond acceptors (Lipinski definition) is 0. The fraction of sp³-hybridized carbons (Fsp3) is 0.700. The van der Waals surface area contributed by atoms with Crippen molar-refractivity contribution in [2.75, 3.05) is 0 Å². The van der Waals surface area contributed by atoms with Gasteiger partial charge in [0.15, 0.2) is 0 Å². The molecular weight excluding hydrogens is 240 g/mol. The zero-order chi connectivity index (χ0) is 15.5. The molecule has 0 spiro atoms. The zero-order valence-corrected chi connectivity index (χ0v) is 14.8. The van der Waals surface area contributed by atoms with E-state index in [0.717, 1.165) is 6.42 Å². The minimum Gasteiger partial charge on any atom is -0.0776 e. The average molecular weight is 283 g/mol. The normalized spacial score (nSPS) is 7.60. The van der Waals surface area contributed by atoms with Crippen LogP contribution >= 0.6 is 0 Å². The van der Waals surface area contributed by atoms with Crippen LogP contribution in [0.4, 0.5) is 0 Å². The summed E-state index contributed by atoms with van der Waals surface area (Å²) in [6.07, 6.45) is 6.68. The van der Waals surface area contributed by atoms with Gasteiger partial charge in [0, 0.05) is 0 Å². The fourth-order valence-corrected chi connectivity index (χ4v) is 1.32. The van der Waals surface area contributed by atoms with Crippen molar-refractivity contribution in [3.8, 4) is 0 Å². The number of aryl methyl sites for hydroxylation is 2. The predicted molar refractivity (Wildman–Crippen MR) is 99.8 cm³/mol. The molecule has 0 fully saturated rings. The second kappa shape index (κ2) is 26.7. The predicted octanol–water partition coefficient (Wildman–Crippen LogP) is 7.83. The van der Waals surface area contributed by atoms with Crippen LogP contribution in [0, 0.1) is 6.92 Å². The third-order valence-corrected chi connectivity index (χ3v) is 2.49. The Morgan fingerprint density at radius 1 is 0.700 bits per heavy atom. The van der Waals surface area contributed by atoms with Crippen LogP contribution in [0.1, 0.15) is 92.7 Å². The Balaban J connectivity index is -0.000000103. The van der Waals surface area contributed by atoms with Gasteiger partial charge in [-0.2, -0.15) is 0 Å². The van der Waals surface area contributed by atoms with Crippen LogP contribution < -0.4 is 0 Å². The monoisotopic (exact) mass is 282 g/mol. The molecule has 0 aliphatic carbocycles. The van der Waals surface area contributed by atoms with E-state index < -0.39 is 0 Å². The Bertz CT molecular complexity index is 216. The highest BCUT2D eigenvalue weighted by molar-refractivity contribution is 5.20. The first-order chi connectivity index (χ1) is 9.24. The van der Waals surface area contributed by atoms with E-state index in [9.17, 15) is 0 Å². The third-order valence-electron chi connectivity index (χ3n) is 2.49. The number of rotatable bonds is 4. The highest BCUT2D eigenvalue weighted by Crippen LogP contribution is 2.02. The summed E-state index contributed by atoms with van der Waals surface area (Å²) < 4.78 is 0. The third kappa shape index (κ3) is 22.4. The van der Waals surface area contributed by atoms with Crippen LogP contribution in [0.15, 0.2) is 24.3 Å². The van der Waals surface area contributed by atoms with E-state index in [1.165, 1.54) is 36.8 Å². The van der Waals surface area contributed by atoms with Gasteiger partial charge in [0.1, 0.15) is 0 Å². The maximum atomic E-state index is 2.23. The summed E-state index contributed by atoms with van der Waals surface area (Å²) in [4.78, 5) is 0. The van der Waals surface area contributed by atoms with E-state index >= 15 is 0 Å². The Hall–Kier alpha value is -0.780. The molecule has 0 aromatic heterocycles. The lowest BCUT2D eigenvalue weighted by molar-refractivity contribution is 0.702. The van der Waals surface area contributed by atoms with E-state index in [1.54, 1.807) is 0 Å². The van der Waals surface area contributed by atoms with Crippen molar-refractivity contribution in [2.24, 2.45) is 0 Å². The van der Waals surface area contributed by atoms with Gasteiger partial charge in [0.2, 0.25) is 0 Å². The smallest absolute Gasteiger partial charge is 0.0307 e. The molecule has 0 aliphatic heterocycles. The second-order valence-electron chi connectivity index (χ2n) is 4.05. The molecule has 1 aromatic rings. The standard InChI is InChI=1S/C9H12.C6H14.2C2H6.CH4/c1-3-9-6-4-8(2)5-7-9;1-3-5-6-4-2;2*1-2;/h4-7H,3H2,1-2H3;3-6H2,1-2H3;2*1-2H3;1H4. The Morgan fingerprint density at radius 2 is 1.05 bits per heavy atom. The molecule has 1 rings (SSSR count). The summed E-state index contributed by atoms with van der Waals surface area (Å²) in [5.74, 6) is 0. The first-order valence-electron chi connectivity index (χ1n) is 8.30. The molecule has 0 bridgehead atoms. The van der Waals surface area contributed by atoms with E-state index in [1.807, 2.05) is 27.7 Å². The molecule has 0 nitrogen and oxygen atoms in total. The first-order valence-corrected chi connectivity index (χ1v) is 8.30. The Labute approximate surface area is 131 Å². The fourth-order valence-electron chi connectivity index (χ4n) is 1.32. The van der Waals surface area contributed by atoms with Crippen LogP contribution in [-0.4, -0.2) is 0 Å². The average Bonchev–Trinajstić information content (AvgIpc) is 2.50. The maximum Gasteiger partial charge on any atom is -0.0307 e. The molecule has 0 amide bonds. The van der Waals surface area contributed by atoms with Crippen molar-refractivity contribution in [1.82, 2.24) is 0 Å². The van der Waals surface area contributed by atoms with Gasteiger partial charge < -0.3 is 0 Å². The van der Waals surface area contributed by atoms with Gasteiger partial charge in [-0.3, -0.25) is 0 Å².